The smallest absolute Gasteiger partial charge is 0.129 e. The molecule has 2 N–H and O–H groups in total. The van der Waals surface area contributed by atoms with Gasteiger partial charge in [-0.2, -0.15) is 0 Å². The van der Waals surface area contributed by atoms with E-state index in [1.165, 1.54) is 0 Å². The van der Waals surface area contributed by atoms with Gasteiger partial charge in [-0.1, -0.05) is 24.3 Å². The lowest BCUT2D eigenvalue weighted by Gasteiger charge is -2.17. The fraction of sp³-hybridized carbons (Fsp3) is 0.294. The molecule has 1 atom stereocenters. The predicted octanol–water partition coefficient (Wildman–Crippen LogP) is 2.81. The summed E-state index contributed by atoms with van der Waals surface area (Å²) in [6, 6.07) is 17.4. The zero-order chi connectivity index (χ0) is 15.1. The highest BCUT2D eigenvalue weighted by atomic mass is 16.5. The van der Waals surface area contributed by atoms with Crippen LogP contribution in [-0.4, -0.2) is 43.3 Å². The van der Waals surface area contributed by atoms with Crippen molar-refractivity contribution in [1.29, 1.82) is 0 Å². The number of aliphatic hydroxyl groups is 1. The van der Waals surface area contributed by atoms with Gasteiger partial charge in [-0.05, 0) is 38.4 Å². The first kappa shape index (κ1) is 15.4. The Bertz CT molecular complexity index is 543. The molecule has 0 bridgehead atoms. The van der Waals surface area contributed by atoms with Gasteiger partial charge in [0.2, 0.25) is 0 Å². The number of hydrogen-bond acceptors (Lipinski definition) is 4. The Kier molecular flexibility index (Phi) is 5.60. The Morgan fingerprint density at radius 3 is 2.48 bits per heavy atom. The first-order valence-electron chi connectivity index (χ1n) is 7.03. The molecule has 0 fully saturated rings. The Morgan fingerprint density at radius 1 is 1.05 bits per heavy atom. The quantitative estimate of drug-likeness (QED) is 0.821. The molecule has 4 heteroatoms. The van der Waals surface area contributed by atoms with Crippen LogP contribution in [0.2, 0.25) is 0 Å². The molecular weight excluding hydrogens is 264 g/mol. The van der Waals surface area contributed by atoms with Crippen molar-refractivity contribution in [3.05, 3.63) is 54.6 Å². The highest BCUT2D eigenvalue weighted by Gasteiger charge is 2.05. The van der Waals surface area contributed by atoms with Crippen molar-refractivity contribution in [1.82, 2.24) is 4.90 Å². The number of likely N-dealkylation sites (N-methyl/N-ethyl adjacent to an activating group) is 1. The van der Waals surface area contributed by atoms with E-state index in [0.29, 0.717) is 13.1 Å². The fourth-order valence-corrected chi connectivity index (χ4v) is 2.02. The maximum absolute atomic E-state index is 9.85. The van der Waals surface area contributed by atoms with E-state index in [0.717, 1.165) is 17.2 Å². The molecule has 0 aliphatic heterocycles. The molecule has 0 aliphatic rings. The van der Waals surface area contributed by atoms with Crippen LogP contribution in [-0.2, 0) is 0 Å². The standard InChI is InChI=1S/C17H22N2O2/c1-19(2)13-15(20)12-18-14-7-6-10-17(11-14)21-16-8-4-3-5-9-16/h3-11,15,18,20H,12-13H2,1-2H3. The lowest BCUT2D eigenvalue weighted by atomic mass is 10.2. The minimum atomic E-state index is -0.404. The summed E-state index contributed by atoms with van der Waals surface area (Å²) in [5.74, 6) is 1.58. The number of rotatable bonds is 7. The number of benzene rings is 2. The third-order valence-corrected chi connectivity index (χ3v) is 2.93. The molecule has 0 saturated heterocycles. The van der Waals surface area contributed by atoms with E-state index >= 15 is 0 Å². The number of nitrogens with zero attached hydrogens (tertiary/aromatic N) is 1. The monoisotopic (exact) mass is 286 g/mol. The second-order valence-electron chi connectivity index (χ2n) is 5.24. The third-order valence-electron chi connectivity index (χ3n) is 2.93. The number of aliphatic hydroxyl groups excluding tert-OH is 1. The lowest BCUT2D eigenvalue weighted by Crippen LogP contribution is -2.31. The molecule has 0 radical (unpaired) electrons. The van der Waals surface area contributed by atoms with E-state index in [1.54, 1.807) is 0 Å². The van der Waals surface area contributed by atoms with E-state index < -0.39 is 6.10 Å². The van der Waals surface area contributed by atoms with Crippen LogP contribution in [0.5, 0.6) is 11.5 Å². The highest BCUT2D eigenvalue weighted by molar-refractivity contribution is 5.49. The largest absolute Gasteiger partial charge is 0.457 e. The summed E-state index contributed by atoms with van der Waals surface area (Å²) >= 11 is 0. The lowest BCUT2D eigenvalue weighted by molar-refractivity contribution is 0.148. The van der Waals surface area contributed by atoms with Gasteiger partial charge in [0.05, 0.1) is 6.10 Å². The molecular formula is C17H22N2O2. The summed E-state index contributed by atoms with van der Waals surface area (Å²) in [6.45, 7) is 1.14. The summed E-state index contributed by atoms with van der Waals surface area (Å²) < 4.78 is 5.78. The van der Waals surface area contributed by atoms with Crippen molar-refractivity contribution in [2.45, 2.75) is 6.10 Å². The number of nitrogens with one attached hydrogen (secondary N) is 1. The first-order valence-corrected chi connectivity index (χ1v) is 7.03. The molecule has 0 spiro atoms. The Balaban J connectivity index is 1.92. The van der Waals surface area contributed by atoms with Gasteiger partial charge >= 0.3 is 0 Å². The first-order chi connectivity index (χ1) is 10.1. The molecule has 21 heavy (non-hydrogen) atoms. The van der Waals surface area contributed by atoms with Crippen molar-refractivity contribution in [3.63, 3.8) is 0 Å². The number of anilines is 1. The Morgan fingerprint density at radius 2 is 1.76 bits per heavy atom. The van der Waals surface area contributed by atoms with Crippen LogP contribution in [0.1, 0.15) is 0 Å². The number of para-hydroxylation sites is 1. The van der Waals surface area contributed by atoms with Crippen molar-refractivity contribution in [2.75, 3.05) is 32.5 Å². The van der Waals surface area contributed by atoms with Gasteiger partial charge in [-0.3, -0.25) is 0 Å². The maximum Gasteiger partial charge on any atom is 0.129 e. The van der Waals surface area contributed by atoms with Gasteiger partial charge in [0.25, 0.3) is 0 Å². The molecule has 112 valence electrons. The second kappa shape index (κ2) is 7.67. The van der Waals surface area contributed by atoms with Gasteiger partial charge in [0.15, 0.2) is 0 Å². The fourth-order valence-electron chi connectivity index (χ4n) is 2.02. The van der Waals surface area contributed by atoms with Crippen LogP contribution < -0.4 is 10.1 Å². The third kappa shape index (κ3) is 5.45. The Hall–Kier alpha value is -2.04. The molecule has 1 unspecified atom stereocenters. The van der Waals surface area contributed by atoms with E-state index in [4.69, 9.17) is 4.74 Å². The van der Waals surface area contributed by atoms with E-state index in [2.05, 4.69) is 5.32 Å². The average Bonchev–Trinajstić information content (AvgIpc) is 2.46. The topological polar surface area (TPSA) is 44.7 Å². The number of hydrogen-bond donors (Lipinski definition) is 2. The molecule has 2 rings (SSSR count). The van der Waals surface area contributed by atoms with Crippen molar-refractivity contribution < 1.29 is 9.84 Å². The second-order valence-corrected chi connectivity index (χ2v) is 5.24. The van der Waals surface area contributed by atoms with Gasteiger partial charge in [-0.15, -0.1) is 0 Å². The van der Waals surface area contributed by atoms with Crippen LogP contribution in [0.15, 0.2) is 54.6 Å². The SMILES string of the molecule is CN(C)CC(O)CNc1cccc(Oc2ccccc2)c1. The summed E-state index contributed by atoms with van der Waals surface area (Å²) in [7, 11) is 3.88. The summed E-state index contributed by atoms with van der Waals surface area (Å²) in [6.07, 6.45) is -0.404. The van der Waals surface area contributed by atoms with Crippen LogP contribution >= 0.6 is 0 Å². The van der Waals surface area contributed by atoms with Gasteiger partial charge in [-0.25, -0.2) is 0 Å². The summed E-state index contributed by atoms with van der Waals surface area (Å²) in [5.41, 5.74) is 0.932. The molecule has 2 aromatic carbocycles. The normalized spacial score (nSPS) is 12.2. The van der Waals surface area contributed by atoms with Crippen LogP contribution in [0.25, 0.3) is 0 Å². The number of ether oxygens (including phenoxy) is 1. The maximum atomic E-state index is 9.85. The molecule has 0 heterocycles. The van der Waals surface area contributed by atoms with Gasteiger partial charge in [0.1, 0.15) is 11.5 Å². The van der Waals surface area contributed by atoms with Crippen molar-refractivity contribution in [3.8, 4) is 11.5 Å². The Labute approximate surface area is 126 Å². The van der Waals surface area contributed by atoms with Gasteiger partial charge < -0.3 is 20.1 Å². The van der Waals surface area contributed by atoms with E-state index in [-0.39, 0.29) is 0 Å². The van der Waals surface area contributed by atoms with Gasteiger partial charge in [0, 0.05) is 24.8 Å². The van der Waals surface area contributed by atoms with Crippen LogP contribution in [0.3, 0.4) is 0 Å². The average molecular weight is 286 g/mol. The minimum Gasteiger partial charge on any atom is -0.457 e. The predicted molar refractivity (Wildman–Crippen MR) is 86.0 cm³/mol. The zero-order valence-corrected chi connectivity index (χ0v) is 12.5. The highest BCUT2D eigenvalue weighted by Crippen LogP contribution is 2.23. The molecule has 2 aromatic rings. The van der Waals surface area contributed by atoms with E-state index in [1.807, 2.05) is 73.6 Å². The van der Waals surface area contributed by atoms with Crippen LogP contribution in [0.4, 0.5) is 5.69 Å². The molecule has 0 aromatic heterocycles. The van der Waals surface area contributed by atoms with Crippen molar-refractivity contribution >= 4 is 5.69 Å². The molecule has 4 nitrogen and oxygen atoms in total. The zero-order valence-electron chi connectivity index (χ0n) is 12.5. The minimum absolute atomic E-state index is 0.404. The van der Waals surface area contributed by atoms with E-state index in [9.17, 15) is 5.11 Å². The summed E-state index contributed by atoms with van der Waals surface area (Å²) in [4.78, 5) is 1.96. The molecule has 0 aliphatic carbocycles. The molecule has 0 amide bonds. The van der Waals surface area contributed by atoms with Crippen LogP contribution in [0, 0.1) is 0 Å². The van der Waals surface area contributed by atoms with Crippen molar-refractivity contribution in [2.24, 2.45) is 0 Å². The molecule has 0 saturated carbocycles. The summed E-state index contributed by atoms with van der Waals surface area (Å²) in [5, 5.41) is 13.1.